The van der Waals surface area contributed by atoms with Crippen LogP contribution in [0.5, 0.6) is 0 Å². The van der Waals surface area contributed by atoms with E-state index in [4.69, 9.17) is 16.9 Å². The van der Waals surface area contributed by atoms with Crippen LogP contribution >= 0.6 is 11.6 Å². The molecule has 5 heteroatoms. The van der Waals surface area contributed by atoms with Gasteiger partial charge in [-0.05, 0) is 30.7 Å². The van der Waals surface area contributed by atoms with Crippen molar-refractivity contribution in [1.29, 1.82) is 5.26 Å². The number of hydrogen-bond donors (Lipinski definition) is 2. The smallest absolute Gasteiger partial charge is 0.267 e. The highest BCUT2D eigenvalue weighted by molar-refractivity contribution is 6.31. The number of benzene rings is 2. The van der Waals surface area contributed by atoms with Gasteiger partial charge < -0.3 is 10.6 Å². The predicted molar refractivity (Wildman–Crippen MR) is 91.8 cm³/mol. The summed E-state index contributed by atoms with van der Waals surface area (Å²) in [5.41, 5.74) is 2.63. The van der Waals surface area contributed by atoms with Crippen LogP contribution in [-0.2, 0) is 11.3 Å². The minimum Gasteiger partial charge on any atom is -0.386 e. The van der Waals surface area contributed by atoms with E-state index in [-0.39, 0.29) is 5.57 Å². The maximum absolute atomic E-state index is 12.1. The van der Waals surface area contributed by atoms with E-state index in [2.05, 4.69) is 10.6 Å². The van der Waals surface area contributed by atoms with Crippen molar-refractivity contribution in [3.05, 3.63) is 76.5 Å². The van der Waals surface area contributed by atoms with E-state index >= 15 is 0 Å². The van der Waals surface area contributed by atoms with E-state index < -0.39 is 5.91 Å². The molecule has 0 aromatic heterocycles. The first-order valence-electron chi connectivity index (χ1n) is 7.05. The van der Waals surface area contributed by atoms with Gasteiger partial charge in [-0.1, -0.05) is 47.5 Å². The van der Waals surface area contributed by atoms with Gasteiger partial charge in [-0.15, -0.1) is 0 Å². The van der Waals surface area contributed by atoms with Crippen LogP contribution < -0.4 is 10.6 Å². The van der Waals surface area contributed by atoms with Gasteiger partial charge in [0.1, 0.15) is 11.6 Å². The molecular formula is C18H16ClN3O. The van der Waals surface area contributed by atoms with Gasteiger partial charge in [0.25, 0.3) is 5.91 Å². The first-order chi connectivity index (χ1) is 11.1. The molecule has 0 spiro atoms. The second kappa shape index (κ2) is 8.02. The SMILES string of the molecule is Cc1ccc(NC(=O)/C(C#N)=C\NCc2ccccc2Cl)cc1. The Kier molecular flexibility index (Phi) is 5.79. The molecule has 0 saturated carbocycles. The molecule has 2 rings (SSSR count). The maximum Gasteiger partial charge on any atom is 0.267 e. The Hall–Kier alpha value is -2.77. The Morgan fingerprint density at radius 3 is 2.57 bits per heavy atom. The molecule has 1 amide bonds. The molecule has 0 fully saturated rings. The van der Waals surface area contributed by atoms with Crippen molar-refractivity contribution in [3.8, 4) is 6.07 Å². The quantitative estimate of drug-likeness (QED) is 0.649. The number of halogens is 1. The molecule has 0 aliphatic rings. The van der Waals surface area contributed by atoms with Gasteiger partial charge in [-0.3, -0.25) is 4.79 Å². The fourth-order valence-corrected chi connectivity index (χ4v) is 2.09. The molecule has 0 bridgehead atoms. The normalized spacial score (nSPS) is 10.7. The summed E-state index contributed by atoms with van der Waals surface area (Å²) in [5, 5.41) is 15.4. The maximum atomic E-state index is 12.1. The van der Waals surface area contributed by atoms with Crippen LogP contribution in [0.1, 0.15) is 11.1 Å². The van der Waals surface area contributed by atoms with Crippen molar-refractivity contribution in [2.45, 2.75) is 13.5 Å². The largest absolute Gasteiger partial charge is 0.386 e. The number of nitrogens with zero attached hydrogens (tertiary/aromatic N) is 1. The van der Waals surface area contributed by atoms with Gasteiger partial charge >= 0.3 is 0 Å². The lowest BCUT2D eigenvalue weighted by Crippen LogP contribution is -2.16. The van der Waals surface area contributed by atoms with E-state index in [9.17, 15) is 4.79 Å². The minimum absolute atomic E-state index is 0.00220. The summed E-state index contributed by atoms with van der Waals surface area (Å²) in [6, 6.07) is 16.6. The second-order valence-corrected chi connectivity index (χ2v) is 5.37. The zero-order valence-corrected chi connectivity index (χ0v) is 13.4. The number of aryl methyl sites for hydroxylation is 1. The summed E-state index contributed by atoms with van der Waals surface area (Å²) in [6.07, 6.45) is 1.40. The Labute approximate surface area is 140 Å². The van der Waals surface area contributed by atoms with Crippen molar-refractivity contribution >= 4 is 23.2 Å². The summed E-state index contributed by atoms with van der Waals surface area (Å²) in [4.78, 5) is 12.1. The lowest BCUT2D eigenvalue weighted by molar-refractivity contribution is -0.112. The van der Waals surface area contributed by atoms with Crippen LogP contribution in [0.2, 0.25) is 5.02 Å². The van der Waals surface area contributed by atoms with Gasteiger partial charge in [0.2, 0.25) is 0 Å². The third-order valence-corrected chi connectivity index (χ3v) is 3.54. The van der Waals surface area contributed by atoms with E-state index in [0.717, 1.165) is 11.1 Å². The number of nitriles is 1. The molecule has 23 heavy (non-hydrogen) atoms. The fraction of sp³-hybridized carbons (Fsp3) is 0.111. The van der Waals surface area contributed by atoms with Gasteiger partial charge in [-0.2, -0.15) is 5.26 Å². The lowest BCUT2D eigenvalue weighted by atomic mass is 10.2. The highest BCUT2D eigenvalue weighted by Gasteiger charge is 2.09. The molecule has 0 radical (unpaired) electrons. The van der Waals surface area contributed by atoms with Crippen molar-refractivity contribution in [2.24, 2.45) is 0 Å². The molecule has 0 saturated heterocycles. The van der Waals surface area contributed by atoms with Crippen LogP contribution in [0.25, 0.3) is 0 Å². The fourth-order valence-electron chi connectivity index (χ4n) is 1.89. The van der Waals surface area contributed by atoms with E-state index in [1.807, 2.05) is 43.3 Å². The number of hydrogen-bond acceptors (Lipinski definition) is 3. The Balaban J connectivity index is 1.98. The number of nitrogens with one attached hydrogen (secondary N) is 2. The summed E-state index contributed by atoms with van der Waals surface area (Å²) in [7, 11) is 0. The summed E-state index contributed by atoms with van der Waals surface area (Å²) in [5.74, 6) is -0.456. The topological polar surface area (TPSA) is 64.9 Å². The van der Waals surface area contributed by atoms with Gasteiger partial charge in [0, 0.05) is 23.5 Å². The third kappa shape index (κ3) is 4.87. The van der Waals surface area contributed by atoms with Crippen molar-refractivity contribution in [1.82, 2.24) is 5.32 Å². The standard InChI is InChI=1S/C18H16ClN3O/c1-13-6-8-16(9-7-13)22-18(23)15(10-20)12-21-11-14-4-2-3-5-17(14)19/h2-9,12,21H,11H2,1H3,(H,22,23)/b15-12-. The minimum atomic E-state index is -0.456. The van der Waals surface area contributed by atoms with E-state index in [1.54, 1.807) is 18.2 Å². The third-order valence-electron chi connectivity index (χ3n) is 3.17. The number of rotatable bonds is 5. The number of anilines is 1. The molecule has 0 atom stereocenters. The zero-order chi connectivity index (χ0) is 16.7. The summed E-state index contributed by atoms with van der Waals surface area (Å²) >= 11 is 6.05. The van der Waals surface area contributed by atoms with Crippen molar-refractivity contribution in [2.75, 3.05) is 5.32 Å². The molecule has 116 valence electrons. The van der Waals surface area contributed by atoms with Gasteiger partial charge in [-0.25, -0.2) is 0 Å². The highest BCUT2D eigenvalue weighted by atomic mass is 35.5. The molecule has 2 aromatic rings. The molecule has 0 unspecified atom stereocenters. The van der Waals surface area contributed by atoms with Crippen LogP contribution in [-0.4, -0.2) is 5.91 Å². The van der Waals surface area contributed by atoms with Crippen LogP contribution in [0.4, 0.5) is 5.69 Å². The highest BCUT2D eigenvalue weighted by Crippen LogP contribution is 2.14. The number of carbonyl (C=O) groups excluding carboxylic acids is 1. The predicted octanol–water partition coefficient (Wildman–Crippen LogP) is 3.78. The average molecular weight is 326 g/mol. The van der Waals surface area contributed by atoms with Crippen LogP contribution in [0, 0.1) is 18.3 Å². The number of carbonyl (C=O) groups is 1. The molecular weight excluding hydrogens is 310 g/mol. The molecule has 0 aliphatic carbocycles. The Bertz CT molecular complexity index is 761. The van der Waals surface area contributed by atoms with Crippen molar-refractivity contribution < 1.29 is 4.79 Å². The summed E-state index contributed by atoms with van der Waals surface area (Å²) in [6.45, 7) is 2.40. The first-order valence-corrected chi connectivity index (χ1v) is 7.43. The number of amides is 1. The Morgan fingerprint density at radius 1 is 1.22 bits per heavy atom. The van der Waals surface area contributed by atoms with Gasteiger partial charge in [0.15, 0.2) is 0 Å². The van der Waals surface area contributed by atoms with E-state index in [0.29, 0.717) is 17.3 Å². The molecule has 2 N–H and O–H groups in total. The Morgan fingerprint density at radius 2 is 1.91 bits per heavy atom. The van der Waals surface area contributed by atoms with E-state index in [1.165, 1.54) is 6.20 Å². The zero-order valence-electron chi connectivity index (χ0n) is 12.6. The second-order valence-electron chi connectivity index (χ2n) is 4.96. The first kappa shape index (κ1) is 16.6. The lowest BCUT2D eigenvalue weighted by Gasteiger charge is -2.06. The molecule has 2 aromatic carbocycles. The van der Waals surface area contributed by atoms with Crippen LogP contribution in [0.15, 0.2) is 60.3 Å². The van der Waals surface area contributed by atoms with Crippen LogP contribution in [0.3, 0.4) is 0 Å². The molecule has 4 nitrogen and oxygen atoms in total. The molecule has 0 aliphatic heterocycles. The molecule has 0 heterocycles. The van der Waals surface area contributed by atoms with Gasteiger partial charge in [0.05, 0.1) is 0 Å². The van der Waals surface area contributed by atoms with Crippen molar-refractivity contribution in [3.63, 3.8) is 0 Å². The summed E-state index contributed by atoms with van der Waals surface area (Å²) < 4.78 is 0. The average Bonchev–Trinajstić information content (AvgIpc) is 2.55. The monoisotopic (exact) mass is 325 g/mol.